The Labute approximate surface area is 184 Å². The van der Waals surface area contributed by atoms with Gasteiger partial charge >= 0.3 is 0 Å². The molecule has 0 spiro atoms. The van der Waals surface area contributed by atoms with Crippen LogP contribution in [0, 0.1) is 5.41 Å². The van der Waals surface area contributed by atoms with E-state index in [0.29, 0.717) is 31.7 Å². The highest BCUT2D eigenvalue weighted by molar-refractivity contribution is 5.96. The minimum absolute atomic E-state index is 0.0556. The summed E-state index contributed by atoms with van der Waals surface area (Å²) in [5.41, 5.74) is 2.39. The van der Waals surface area contributed by atoms with E-state index in [9.17, 15) is 4.79 Å². The van der Waals surface area contributed by atoms with Crippen molar-refractivity contribution in [2.45, 2.75) is 69.6 Å². The highest BCUT2D eigenvalue weighted by Gasteiger charge is 2.40. The third-order valence-corrected chi connectivity index (χ3v) is 6.88. The zero-order valence-electron chi connectivity index (χ0n) is 18.3. The summed E-state index contributed by atoms with van der Waals surface area (Å²) in [5.74, 6) is 0.374. The summed E-state index contributed by atoms with van der Waals surface area (Å²) in [7, 11) is 0. The van der Waals surface area contributed by atoms with E-state index < -0.39 is 0 Å². The summed E-state index contributed by atoms with van der Waals surface area (Å²) in [6.45, 7) is 2.65. The van der Waals surface area contributed by atoms with Crippen molar-refractivity contribution in [1.82, 2.24) is 4.90 Å². The fourth-order valence-electron chi connectivity index (χ4n) is 5.43. The van der Waals surface area contributed by atoms with Gasteiger partial charge in [-0.2, -0.15) is 0 Å². The minimum Gasteiger partial charge on any atom is -0.479 e. The van der Waals surface area contributed by atoms with Gasteiger partial charge in [-0.3, -0.25) is 15.1 Å². The number of benzene rings is 1. The molecular formula is C24H35N3O4. The molecule has 2 N–H and O–H groups in total. The van der Waals surface area contributed by atoms with Crippen LogP contribution < -0.4 is 4.90 Å². The van der Waals surface area contributed by atoms with Crippen LogP contribution in [0.1, 0.15) is 50.5 Å². The van der Waals surface area contributed by atoms with Crippen LogP contribution in [0.25, 0.3) is 0 Å². The second kappa shape index (κ2) is 10.6. The maximum atomic E-state index is 12.5. The summed E-state index contributed by atoms with van der Waals surface area (Å²) in [5, 5.41) is 16.3. The first-order chi connectivity index (χ1) is 15.2. The largest absolute Gasteiger partial charge is 0.479 e. The van der Waals surface area contributed by atoms with Crippen LogP contribution in [0.15, 0.2) is 24.3 Å². The molecule has 2 bridgehead atoms. The van der Waals surface area contributed by atoms with E-state index in [4.69, 9.17) is 20.0 Å². The number of nitrogens with one attached hydrogen (secondary N) is 1. The first-order valence-electron chi connectivity index (χ1n) is 11.7. The number of anilines is 1. The molecule has 1 amide bonds. The number of carbonyl (C=O) groups excluding carboxylic acids is 1. The summed E-state index contributed by atoms with van der Waals surface area (Å²) >= 11 is 0. The van der Waals surface area contributed by atoms with Gasteiger partial charge in [0.2, 0.25) is 5.91 Å². The number of fused-ring (bicyclic) bond motifs is 3. The molecule has 0 aromatic heterocycles. The van der Waals surface area contributed by atoms with E-state index in [1.165, 1.54) is 18.4 Å². The lowest BCUT2D eigenvalue weighted by atomic mass is 9.99. The fraction of sp³-hybridized carbons (Fsp3) is 0.667. The lowest BCUT2D eigenvalue weighted by Gasteiger charge is -2.39. The van der Waals surface area contributed by atoms with Crippen molar-refractivity contribution in [3.63, 3.8) is 0 Å². The molecule has 3 atom stereocenters. The van der Waals surface area contributed by atoms with Crippen LogP contribution >= 0.6 is 0 Å². The van der Waals surface area contributed by atoms with E-state index in [0.717, 1.165) is 44.5 Å². The maximum absolute atomic E-state index is 12.5. The zero-order chi connectivity index (χ0) is 21.6. The number of piperidine rings is 1. The second-order valence-corrected chi connectivity index (χ2v) is 8.86. The molecule has 7 heteroatoms. The van der Waals surface area contributed by atoms with Gasteiger partial charge in [0.25, 0.3) is 0 Å². The van der Waals surface area contributed by atoms with Gasteiger partial charge in [-0.25, -0.2) is 0 Å². The Morgan fingerprint density at radius 3 is 2.65 bits per heavy atom. The van der Waals surface area contributed by atoms with Crippen LogP contribution in [0.2, 0.25) is 0 Å². The Balaban J connectivity index is 1.20. The van der Waals surface area contributed by atoms with Gasteiger partial charge in [0, 0.05) is 43.7 Å². The highest BCUT2D eigenvalue weighted by atomic mass is 16.5. The standard InChI is InChI=1S/C24H35N3O4/c25-23(10-13-28)31-15-14-30-21-16-19-7-8-20(17-21)26(19)11-3-12-27-22-5-2-1-4-18(22)6-9-24(27)29/h1-2,4-5,19-21,25,28H,3,6-17H2/t19-,20+,21+. The SMILES string of the molecule is N=C(CCO)OCCO[C@H]1C[C@H]2CC[C@@H](C1)N2CCCN1C(=O)CCc2ccccc21. The Hall–Kier alpha value is -1.96. The molecule has 4 rings (SSSR count). The second-order valence-electron chi connectivity index (χ2n) is 8.86. The number of nitrogens with zero attached hydrogens (tertiary/aromatic N) is 2. The van der Waals surface area contributed by atoms with Crippen molar-refractivity contribution in [1.29, 1.82) is 5.41 Å². The fourth-order valence-corrected chi connectivity index (χ4v) is 5.43. The third kappa shape index (κ3) is 5.45. The third-order valence-electron chi connectivity index (χ3n) is 6.88. The monoisotopic (exact) mass is 429 g/mol. The molecule has 3 heterocycles. The van der Waals surface area contributed by atoms with Crippen LogP contribution in [-0.4, -0.2) is 72.9 Å². The molecule has 170 valence electrons. The Kier molecular flexibility index (Phi) is 7.58. The van der Waals surface area contributed by atoms with E-state index >= 15 is 0 Å². The number of para-hydroxylation sites is 1. The smallest absolute Gasteiger partial charge is 0.227 e. The summed E-state index contributed by atoms with van der Waals surface area (Å²) in [4.78, 5) is 17.1. The molecule has 7 nitrogen and oxygen atoms in total. The number of aliphatic hydroxyl groups excluding tert-OH is 1. The molecule has 1 aromatic rings. The molecule has 2 fully saturated rings. The Bertz CT molecular complexity index is 757. The van der Waals surface area contributed by atoms with Crippen molar-refractivity contribution >= 4 is 17.5 Å². The summed E-state index contributed by atoms with van der Waals surface area (Å²) < 4.78 is 11.3. The predicted octanol–water partition coefficient (Wildman–Crippen LogP) is 2.74. The topological polar surface area (TPSA) is 86.1 Å². The highest BCUT2D eigenvalue weighted by Crippen LogP contribution is 2.37. The number of carbonyl (C=O) groups is 1. The number of hydrogen-bond donors (Lipinski definition) is 2. The number of rotatable bonds is 10. The molecule has 0 saturated carbocycles. The van der Waals surface area contributed by atoms with Crippen molar-refractivity contribution < 1.29 is 19.4 Å². The average Bonchev–Trinajstić information content (AvgIpc) is 3.00. The maximum Gasteiger partial charge on any atom is 0.227 e. The Morgan fingerprint density at radius 1 is 1.10 bits per heavy atom. The molecule has 0 unspecified atom stereocenters. The van der Waals surface area contributed by atoms with Crippen LogP contribution in [0.4, 0.5) is 5.69 Å². The van der Waals surface area contributed by atoms with Crippen LogP contribution in [0.3, 0.4) is 0 Å². The first-order valence-corrected chi connectivity index (χ1v) is 11.7. The van der Waals surface area contributed by atoms with Gasteiger partial charge in [0.05, 0.1) is 19.3 Å². The predicted molar refractivity (Wildman–Crippen MR) is 120 cm³/mol. The summed E-state index contributed by atoms with van der Waals surface area (Å²) in [6.07, 6.45) is 7.56. The normalized spacial score (nSPS) is 25.5. The van der Waals surface area contributed by atoms with Crippen molar-refractivity contribution in [3.8, 4) is 0 Å². The van der Waals surface area contributed by atoms with Gasteiger partial charge in [-0.05, 0) is 50.2 Å². The molecule has 0 aliphatic carbocycles. The number of hydrogen-bond acceptors (Lipinski definition) is 6. The molecule has 1 aromatic carbocycles. The van der Waals surface area contributed by atoms with E-state index in [2.05, 4.69) is 23.1 Å². The average molecular weight is 430 g/mol. The van der Waals surface area contributed by atoms with Crippen molar-refractivity contribution in [3.05, 3.63) is 29.8 Å². The molecule has 31 heavy (non-hydrogen) atoms. The van der Waals surface area contributed by atoms with Gasteiger partial charge in [-0.15, -0.1) is 0 Å². The van der Waals surface area contributed by atoms with Gasteiger partial charge in [-0.1, -0.05) is 18.2 Å². The van der Waals surface area contributed by atoms with Crippen molar-refractivity contribution in [2.75, 3.05) is 37.8 Å². The van der Waals surface area contributed by atoms with E-state index in [-0.39, 0.29) is 30.9 Å². The zero-order valence-corrected chi connectivity index (χ0v) is 18.3. The number of ether oxygens (including phenoxy) is 2. The molecule has 2 saturated heterocycles. The minimum atomic E-state index is -0.0556. The van der Waals surface area contributed by atoms with Crippen molar-refractivity contribution in [2.24, 2.45) is 0 Å². The van der Waals surface area contributed by atoms with Gasteiger partial charge < -0.3 is 19.5 Å². The molecule has 3 aliphatic heterocycles. The van der Waals surface area contributed by atoms with Crippen LogP contribution in [-0.2, 0) is 20.7 Å². The van der Waals surface area contributed by atoms with E-state index in [1.54, 1.807) is 0 Å². The lowest BCUT2D eigenvalue weighted by Crippen LogP contribution is -2.47. The van der Waals surface area contributed by atoms with E-state index in [1.807, 2.05) is 11.0 Å². The molecule has 0 radical (unpaired) electrons. The Morgan fingerprint density at radius 2 is 1.87 bits per heavy atom. The number of aliphatic hydroxyl groups is 1. The van der Waals surface area contributed by atoms with Crippen LogP contribution in [0.5, 0.6) is 0 Å². The first kappa shape index (κ1) is 22.2. The summed E-state index contributed by atoms with van der Waals surface area (Å²) in [6, 6.07) is 9.44. The quantitative estimate of drug-likeness (QED) is 0.339. The number of amides is 1. The number of aryl methyl sites for hydroxylation is 1. The molecule has 3 aliphatic rings. The van der Waals surface area contributed by atoms with Gasteiger partial charge in [0.15, 0.2) is 5.90 Å². The molecular weight excluding hydrogens is 394 g/mol. The van der Waals surface area contributed by atoms with Gasteiger partial charge in [0.1, 0.15) is 6.61 Å². The lowest BCUT2D eigenvalue weighted by molar-refractivity contribution is -0.118.